The van der Waals surface area contributed by atoms with E-state index in [-0.39, 0.29) is 24.3 Å². The van der Waals surface area contributed by atoms with Crippen molar-refractivity contribution in [2.75, 3.05) is 40.4 Å². The Morgan fingerprint density at radius 2 is 1.79 bits per heavy atom. The van der Waals surface area contributed by atoms with E-state index in [4.69, 9.17) is 15.2 Å². The number of benzene rings is 1. The Morgan fingerprint density at radius 3 is 2.39 bits per heavy atom. The molecule has 8 nitrogen and oxygen atoms in total. The summed E-state index contributed by atoms with van der Waals surface area (Å²) in [4.78, 5) is 26.0. The number of hydrogen-bond acceptors (Lipinski definition) is 6. The number of hydrogen-bond donors (Lipinski definition) is 3. The van der Waals surface area contributed by atoms with Crippen molar-refractivity contribution in [3.8, 4) is 11.5 Å². The number of ether oxygens (including phenoxy) is 2. The molecular formula is C20H32N4O4. The van der Waals surface area contributed by atoms with Crippen LogP contribution in [-0.2, 0) is 22.6 Å². The van der Waals surface area contributed by atoms with Gasteiger partial charge >= 0.3 is 0 Å². The van der Waals surface area contributed by atoms with Gasteiger partial charge in [-0.15, -0.1) is 0 Å². The van der Waals surface area contributed by atoms with Crippen LogP contribution in [0, 0.1) is 5.92 Å². The van der Waals surface area contributed by atoms with E-state index in [0.717, 1.165) is 37.6 Å². The lowest BCUT2D eigenvalue weighted by Gasteiger charge is -2.29. The van der Waals surface area contributed by atoms with Crippen molar-refractivity contribution < 1.29 is 19.1 Å². The fraction of sp³-hybridized carbons (Fsp3) is 0.600. The Balaban J connectivity index is 1.76. The number of amides is 2. The second-order valence-corrected chi connectivity index (χ2v) is 7.34. The van der Waals surface area contributed by atoms with Crippen LogP contribution >= 0.6 is 0 Å². The SMILES string of the molecule is COc1cc2c(cc1OC)CN(CCNC(=O)CNC(=O)[C@@H](N)C(C)C)CC2. The summed E-state index contributed by atoms with van der Waals surface area (Å²) in [5.41, 5.74) is 8.23. The Kier molecular flexibility index (Phi) is 8.07. The maximum atomic E-state index is 11.9. The zero-order chi connectivity index (χ0) is 20.7. The van der Waals surface area contributed by atoms with Crippen LogP contribution in [0.5, 0.6) is 11.5 Å². The predicted octanol–water partition coefficient (Wildman–Crippen LogP) is 0.278. The Labute approximate surface area is 166 Å². The zero-order valence-corrected chi connectivity index (χ0v) is 17.2. The summed E-state index contributed by atoms with van der Waals surface area (Å²) < 4.78 is 10.7. The highest BCUT2D eigenvalue weighted by Gasteiger charge is 2.20. The van der Waals surface area contributed by atoms with Crippen molar-refractivity contribution in [3.63, 3.8) is 0 Å². The molecule has 0 unspecified atom stereocenters. The normalized spacial score (nSPS) is 14.9. The van der Waals surface area contributed by atoms with E-state index in [1.54, 1.807) is 14.2 Å². The molecule has 0 spiro atoms. The summed E-state index contributed by atoms with van der Waals surface area (Å²) in [5, 5.41) is 5.41. The van der Waals surface area contributed by atoms with E-state index in [1.807, 2.05) is 26.0 Å². The van der Waals surface area contributed by atoms with Crippen molar-refractivity contribution in [2.45, 2.75) is 32.9 Å². The highest BCUT2D eigenvalue weighted by molar-refractivity contribution is 5.87. The van der Waals surface area contributed by atoms with Crippen LogP contribution in [-0.4, -0.2) is 63.2 Å². The third-order valence-electron chi connectivity index (χ3n) is 4.99. The molecule has 1 aromatic carbocycles. The fourth-order valence-corrected chi connectivity index (χ4v) is 3.14. The van der Waals surface area contributed by atoms with Crippen LogP contribution in [0.25, 0.3) is 0 Å². The number of methoxy groups -OCH3 is 2. The molecule has 1 atom stereocenters. The van der Waals surface area contributed by atoms with Gasteiger partial charge in [-0.25, -0.2) is 0 Å². The topological polar surface area (TPSA) is 106 Å². The van der Waals surface area contributed by atoms with Crippen molar-refractivity contribution in [2.24, 2.45) is 11.7 Å². The number of rotatable bonds is 9. The standard InChI is InChI=1S/C20H32N4O4/c1-13(2)19(21)20(26)23-11-18(25)22-6-8-24-7-5-14-9-16(27-3)17(28-4)10-15(14)12-24/h9-10,13,19H,5-8,11-12,21H2,1-4H3,(H,22,25)(H,23,26)/t19-/m0/s1. The molecule has 1 aromatic rings. The highest BCUT2D eigenvalue weighted by atomic mass is 16.5. The minimum atomic E-state index is -0.600. The van der Waals surface area contributed by atoms with Crippen LogP contribution in [0.2, 0.25) is 0 Å². The molecule has 2 amide bonds. The predicted molar refractivity (Wildman–Crippen MR) is 107 cm³/mol. The molecule has 1 aliphatic heterocycles. The van der Waals surface area contributed by atoms with Gasteiger partial charge in [0.25, 0.3) is 0 Å². The molecule has 1 heterocycles. The second kappa shape index (κ2) is 10.3. The van der Waals surface area contributed by atoms with Crippen molar-refractivity contribution in [3.05, 3.63) is 23.3 Å². The van der Waals surface area contributed by atoms with Crippen molar-refractivity contribution >= 4 is 11.8 Å². The van der Waals surface area contributed by atoms with Gasteiger partial charge in [-0.2, -0.15) is 0 Å². The molecule has 0 bridgehead atoms. The van der Waals surface area contributed by atoms with Gasteiger partial charge in [0, 0.05) is 26.2 Å². The molecule has 0 fully saturated rings. The highest BCUT2D eigenvalue weighted by Crippen LogP contribution is 2.33. The van der Waals surface area contributed by atoms with Gasteiger partial charge in [0.05, 0.1) is 26.8 Å². The smallest absolute Gasteiger partial charge is 0.239 e. The second-order valence-electron chi connectivity index (χ2n) is 7.34. The molecule has 0 saturated heterocycles. The van der Waals surface area contributed by atoms with E-state index in [9.17, 15) is 9.59 Å². The molecule has 0 saturated carbocycles. The largest absolute Gasteiger partial charge is 0.493 e. The molecular weight excluding hydrogens is 360 g/mol. The maximum absolute atomic E-state index is 11.9. The van der Waals surface area contributed by atoms with Gasteiger partial charge in [0.1, 0.15) is 0 Å². The minimum absolute atomic E-state index is 0.0311. The molecule has 8 heteroatoms. The molecule has 28 heavy (non-hydrogen) atoms. The van der Waals surface area contributed by atoms with E-state index < -0.39 is 6.04 Å². The molecule has 0 aliphatic carbocycles. The first kappa shape index (κ1) is 22.0. The molecule has 1 aliphatic rings. The molecule has 156 valence electrons. The van der Waals surface area contributed by atoms with E-state index >= 15 is 0 Å². The minimum Gasteiger partial charge on any atom is -0.493 e. The average molecular weight is 393 g/mol. The summed E-state index contributed by atoms with van der Waals surface area (Å²) in [6.45, 7) is 6.65. The number of carbonyl (C=O) groups is 2. The van der Waals surface area contributed by atoms with E-state index in [0.29, 0.717) is 6.54 Å². The number of nitrogens with two attached hydrogens (primary N) is 1. The Bertz CT molecular complexity index is 693. The first-order valence-electron chi connectivity index (χ1n) is 9.61. The third-order valence-corrected chi connectivity index (χ3v) is 4.99. The van der Waals surface area contributed by atoms with Crippen LogP contribution in [0.1, 0.15) is 25.0 Å². The summed E-state index contributed by atoms with van der Waals surface area (Å²) in [6.07, 6.45) is 0.923. The van der Waals surface area contributed by atoms with Gasteiger partial charge in [-0.05, 0) is 35.6 Å². The van der Waals surface area contributed by atoms with Gasteiger partial charge in [0.15, 0.2) is 11.5 Å². The number of fused-ring (bicyclic) bond motifs is 1. The molecule has 0 radical (unpaired) electrons. The van der Waals surface area contributed by atoms with Crippen LogP contribution in [0.4, 0.5) is 0 Å². The fourth-order valence-electron chi connectivity index (χ4n) is 3.14. The van der Waals surface area contributed by atoms with Crippen molar-refractivity contribution in [1.29, 1.82) is 0 Å². The Morgan fingerprint density at radius 1 is 1.14 bits per heavy atom. The molecule has 4 N–H and O–H groups in total. The number of nitrogens with one attached hydrogen (secondary N) is 2. The summed E-state index contributed by atoms with van der Waals surface area (Å²) in [5.74, 6) is 0.992. The lowest BCUT2D eigenvalue weighted by molar-refractivity contribution is -0.127. The summed E-state index contributed by atoms with van der Waals surface area (Å²) in [6, 6.07) is 3.46. The zero-order valence-electron chi connectivity index (χ0n) is 17.2. The van der Waals surface area contributed by atoms with Gasteiger partial charge in [-0.3, -0.25) is 14.5 Å². The average Bonchev–Trinajstić information content (AvgIpc) is 2.70. The summed E-state index contributed by atoms with van der Waals surface area (Å²) >= 11 is 0. The van der Waals surface area contributed by atoms with Crippen LogP contribution in [0.15, 0.2) is 12.1 Å². The lowest BCUT2D eigenvalue weighted by atomic mass is 9.99. The van der Waals surface area contributed by atoms with Gasteiger partial charge in [0.2, 0.25) is 11.8 Å². The molecule has 0 aromatic heterocycles. The van der Waals surface area contributed by atoms with Gasteiger partial charge < -0.3 is 25.8 Å². The van der Waals surface area contributed by atoms with E-state index in [2.05, 4.69) is 15.5 Å². The first-order valence-corrected chi connectivity index (χ1v) is 9.61. The lowest BCUT2D eigenvalue weighted by Crippen LogP contribution is -2.47. The van der Waals surface area contributed by atoms with E-state index in [1.165, 1.54) is 11.1 Å². The Hall–Kier alpha value is -2.32. The van der Waals surface area contributed by atoms with Crippen molar-refractivity contribution in [1.82, 2.24) is 15.5 Å². The molecule has 2 rings (SSSR count). The number of carbonyl (C=O) groups excluding carboxylic acids is 2. The third kappa shape index (κ3) is 5.84. The summed E-state index contributed by atoms with van der Waals surface area (Å²) in [7, 11) is 3.27. The van der Waals surface area contributed by atoms with Gasteiger partial charge in [-0.1, -0.05) is 13.8 Å². The van der Waals surface area contributed by atoms with Crippen LogP contribution in [0.3, 0.4) is 0 Å². The van der Waals surface area contributed by atoms with Crippen LogP contribution < -0.4 is 25.8 Å². The quantitative estimate of drug-likeness (QED) is 0.557. The number of nitrogens with zero attached hydrogens (tertiary/aromatic N) is 1. The maximum Gasteiger partial charge on any atom is 0.239 e. The monoisotopic (exact) mass is 392 g/mol. The first-order chi connectivity index (χ1) is 13.3.